The van der Waals surface area contributed by atoms with Gasteiger partial charge in [-0.3, -0.25) is 0 Å². The van der Waals surface area contributed by atoms with Crippen molar-refractivity contribution in [1.29, 1.82) is 0 Å². The summed E-state index contributed by atoms with van der Waals surface area (Å²) in [5.41, 5.74) is 0. The van der Waals surface area contributed by atoms with Crippen LogP contribution in [-0.4, -0.2) is 11.8 Å². The maximum atomic E-state index is 8.67. The fourth-order valence-corrected chi connectivity index (χ4v) is 0.343. The molecule has 0 bridgehead atoms. The Kier molecular flexibility index (Phi) is 21.7. The monoisotopic (exact) mass is 272 g/mol. The van der Waals surface area contributed by atoms with Crippen LogP contribution in [0.3, 0.4) is 0 Å². The molecule has 0 fully saturated rings. The van der Waals surface area contributed by atoms with Crippen LogP contribution in [0.4, 0.5) is 0 Å². The summed E-state index contributed by atoms with van der Waals surface area (Å²) in [5, 5.41) is 8.67. The zero-order valence-electron chi connectivity index (χ0n) is 9.70. The van der Waals surface area contributed by atoms with Crippen LogP contribution in [0.1, 0.15) is 34.1 Å². The molecule has 0 aromatic rings. The molecule has 0 spiro atoms. The average Bonchev–Trinajstić information content (AvgIpc) is 2.03. The van der Waals surface area contributed by atoms with Crippen molar-refractivity contribution in [3.05, 3.63) is 24.1 Å². The molecule has 0 aromatic heterocycles. The number of aliphatic hydroxyl groups is 1. The predicted octanol–water partition coefficient (Wildman–Crippen LogP) is 3.71. The van der Waals surface area contributed by atoms with E-state index in [4.69, 9.17) is 5.11 Å². The van der Waals surface area contributed by atoms with E-state index in [9.17, 15) is 0 Å². The fraction of sp³-hybridized carbons (Fsp3) is 0.545. The Hall–Kier alpha value is 0.0539. The van der Waals surface area contributed by atoms with Crippen molar-refractivity contribution in [2.45, 2.75) is 34.1 Å². The van der Waals surface area contributed by atoms with Crippen molar-refractivity contribution in [3.8, 4) is 0 Å². The molecular weight excluding hydrogens is 251 g/mol. The zero-order chi connectivity index (χ0) is 10.7. The van der Waals surface area contributed by atoms with Crippen LogP contribution in [0.25, 0.3) is 0 Å². The van der Waals surface area contributed by atoms with Gasteiger partial charge < -0.3 is 5.11 Å². The van der Waals surface area contributed by atoms with Crippen LogP contribution in [0, 0.1) is 5.92 Å². The van der Waals surface area contributed by atoms with E-state index < -0.39 is 0 Å². The molecule has 14 heavy (non-hydrogen) atoms. The zero-order valence-corrected chi connectivity index (χ0v) is 12.5. The molecule has 0 heterocycles. The Morgan fingerprint density at radius 1 is 1.43 bits per heavy atom. The first-order valence-electron chi connectivity index (χ1n) is 4.57. The first-order chi connectivity index (χ1) is 6.04. The maximum absolute atomic E-state index is 8.67. The second-order valence-corrected chi connectivity index (χ2v) is 3.25. The van der Waals surface area contributed by atoms with Crippen molar-refractivity contribution >= 4 is 6.72 Å². The summed E-state index contributed by atoms with van der Waals surface area (Å²) < 4.78 is 0. The molecule has 0 aliphatic carbocycles. The molecule has 2 nitrogen and oxygen atoms in total. The number of hydrogen-bond donors (Lipinski definition) is 1. The summed E-state index contributed by atoms with van der Waals surface area (Å²) in [6.07, 6.45) is 6.11. The third kappa shape index (κ3) is 29.6. The molecule has 1 radical (unpaired) electrons. The van der Waals surface area contributed by atoms with Gasteiger partial charge in [-0.05, 0) is 25.1 Å². The van der Waals surface area contributed by atoms with E-state index in [0.717, 1.165) is 12.3 Å². The van der Waals surface area contributed by atoms with E-state index in [2.05, 4.69) is 32.5 Å². The SMILES string of the molecule is C=N/C(O)=C\C=C/CC.CC(C)C.[Y]. The molecule has 0 unspecified atom stereocenters. The summed E-state index contributed by atoms with van der Waals surface area (Å²) in [6.45, 7) is 11.7. The van der Waals surface area contributed by atoms with Crippen LogP contribution >= 0.6 is 0 Å². The van der Waals surface area contributed by atoms with Crippen molar-refractivity contribution in [2.75, 3.05) is 0 Å². The summed E-state index contributed by atoms with van der Waals surface area (Å²) in [6, 6.07) is 0. The van der Waals surface area contributed by atoms with E-state index in [0.29, 0.717) is 0 Å². The maximum Gasteiger partial charge on any atom is 0.210 e. The minimum absolute atomic E-state index is 0. The van der Waals surface area contributed by atoms with E-state index in [-0.39, 0.29) is 38.6 Å². The molecule has 0 aliphatic rings. The minimum atomic E-state index is -0.0419. The van der Waals surface area contributed by atoms with Gasteiger partial charge in [0.2, 0.25) is 5.88 Å². The molecule has 0 saturated heterocycles. The second kappa shape index (κ2) is 15.5. The number of aliphatic imine (C=N–C) groups is 1. The summed E-state index contributed by atoms with van der Waals surface area (Å²) in [4.78, 5) is 3.28. The molecule has 0 saturated carbocycles. The van der Waals surface area contributed by atoms with E-state index in [1.165, 1.54) is 6.08 Å². The molecule has 0 atom stereocenters. The Labute approximate surface area is 113 Å². The van der Waals surface area contributed by atoms with Gasteiger partial charge in [-0.25, -0.2) is 4.99 Å². The number of aliphatic hydroxyl groups excluding tert-OH is 1. The van der Waals surface area contributed by atoms with E-state index in [1.54, 1.807) is 6.08 Å². The molecule has 0 aromatic carbocycles. The third-order valence-electron chi connectivity index (χ3n) is 0.779. The minimum Gasteiger partial charge on any atom is -0.493 e. The Morgan fingerprint density at radius 3 is 2.14 bits per heavy atom. The summed E-state index contributed by atoms with van der Waals surface area (Å²) in [5.74, 6) is 0.791. The summed E-state index contributed by atoms with van der Waals surface area (Å²) >= 11 is 0. The standard InChI is InChI=1S/C7H11NO.C4H10.Y/c1-3-4-5-6-7(9)8-2;1-4(2)3;/h4-6,9H,2-3H2,1H3;4H,1-3H3;/b5-4-,7-6+;;. The van der Waals surface area contributed by atoms with Gasteiger partial charge in [0, 0.05) is 32.7 Å². The van der Waals surface area contributed by atoms with Gasteiger partial charge in [0.05, 0.1) is 0 Å². The van der Waals surface area contributed by atoms with Crippen LogP contribution in [0.5, 0.6) is 0 Å². The van der Waals surface area contributed by atoms with E-state index in [1.807, 2.05) is 13.0 Å². The predicted molar refractivity (Wildman–Crippen MR) is 60.2 cm³/mol. The number of nitrogens with zero attached hydrogens (tertiary/aromatic N) is 1. The van der Waals surface area contributed by atoms with Crippen molar-refractivity contribution in [3.63, 3.8) is 0 Å². The van der Waals surface area contributed by atoms with Gasteiger partial charge in [-0.2, -0.15) is 0 Å². The first kappa shape index (κ1) is 19.6. The molecule has 0 amide bonds. The Bertz CT molecular complexity index is 171. The van der Waals surface area contributed by atoms with Crippen molar-refractivity contribution in [2.24, 2.45) is 10.9 Å². The van der Waals surface area contributed by atoms with Gasteiger partial charge in [-0.1, -0.05) is 39.8 Å². The quantitative estimate of drug-likeness (QED) is 0.474. The molecular formula is C11H21NOY. The topological polar surface area (TPSA) is 32.6 Å². The van der Waals surface area contributed by atoms with Gasteiger partial charge in [0.1, 0.15) is 0 Å². The third-order valence-corrected chi connectivity index (χ3v) is 0.779. The Morgan fingerprint density at radius 2 is 1.86 bits per heavy atom. The first-order valence-corrected chi connectivity index (χ1v) is 4.57. The molecule has 0 rings (SSSR count). The van der Waals surface area contributed by atoms with Crippen LogP contribution in [0.15, 0.2) is 29.1 Å². The Balaban J connectivity index is -0.000000209. The molecule has 79 valence electrons. The number of rotatable bonds is 3. The fourth-order valence-electron chi connectivity index (χ4n) is 0.343. The second-order valence-electron chi connectivity index (χ2n) is 3.25. The molecule has 1 N–H and O–H groups in total. The van der Waals surface area contributed by atoms with Gasteiger partial charge in [0.25, 0.3) is 0 Å². The van der Waals surface area contributed by atoms with Gasteiger partial charge in [-0.15, -0.1) is 0 Å². The largest absolute Gasteiger partial charge is 0.493 e. The number of allylic oxidation sites excluding steroid dienone is 3. The normalized spacial score (nSPS) is 10.5. The van der Waals surface area contributed by atoms with Crippen LogP contribution in [0.2, 0.25) is 0 Å². The van der Waals surface area contributed by atoms with Gasteiger partial charge in [0.15, 0.2) is 0 Å². The molecule has 0 aliphatic heterocycles. The smallest absolute Gasteiger partial charge is 0.210 e. The average molecular weight is 272 g/mol. The van der Waals surface area contributed by atoms with Crippen molar-refractivity contribution < 1.29 is 37.8 Å². The van der Waals surface area contributed by atoms with Gasteiger partial charge >= 0.3 is 0 Å². The van der Waals surface area contributed by atoms with Crippen molar-refractivity contribution in [1.82, 2.24) is 0 Å². The summed E-state index contributed by atoms with van der Waals surface area (Å²) in [7, 11) is 0. The van der Waals surface area contributed by atoms with Crippen LogP contribution < -0.4 is 0 Å². The number of hydrogen-bond acceptors (Lipinski definition) is 2. The van der Waals surface area contributed by atoms with E-state index >= 15 is 0 Å². The molecule has 3 heteroatoms. The van der Waals surface area contributed by atoms with Crippen LogP contribution in [-0.2, 0) is 32.7 Å².